The SMILES string of the molecule is O=C(CNC(=O)c1ccc(F)cc1)Nc1ccccc1. The van der Waals surface area contributed by atoms with E-state index in [1.54, 1.807) is 24.3 Å². The number of para-hydroxylation sites is 1. The average Bonchev–Trinajstić information content (AvgIpc) is 2.46. The molecule has 2 aromatic rings. The molecule has 0 aliphatic heterocycles. The number of halogens is 1. The summed E-state index contributed by atoms with van der Waals surface area (Å²) in [6, 6.07) is 14.0. The molecular weight excluding hydrogens is 259 g/mol. The fourth-order valence-electron chi connectivity index (χ4n) is 1.59. The van der Waals surface area contributed by atoms with E-state index in [2.05, 4.69) is 10.6 Å². The average molecular weight is 272 g/mol. The molecule has 20 heavy (non-hydrogen) atoms. The zero-order valence-electron chi connectivity index (χ0n) is 10.6. The van der Waals surface area contributed by atoms with Crippen molar-refractivity contribution in [3.63, 3.8) is 0 Å². The number of amides is 2. The Morgan fingerprint density at radius 3 is 2.25 bits per heavy atom. The Balaban J connectivity index is 1.84. The normalized spacial score (nSPS) is 9.85. The Morgan fingerprint density at radius 2 is 1.60 bits per heavy atom. The van der Waals surface area contributed by atoms with Gasteiger partial charge >= 0.3 is 0 Å². The number of hydrogen-bond donors (Lipinski definition) is 2. The van der Waals surface area contributed by atoms with Crippen molar-refractivity contribution in [2.24, 2.45) is 0 Å². The Hall–Kier alpha value is -2.69. The van der Waals surface area contributed by atoms with Gasteiger partial charge in [-0.05, 0) is 36.4 Å². The van der Waals surface area contributed by atoms with Crippen LogP contribution < -0.4 is 10.6 Å². The van der Waals surface area contributed by atoms with E-state index in [1.807, 2.05) is 6.07 Å². The monoisotopic (exact) mass is 272 g/mol. The van der Waals surface area contributed by atoms with Gasteiger partial charge < -0.3 is 10.6 Å². The second-order valence-electron chi connectivity index (χ2n) is 4.10. The topological polar surface area (TPSA) is 58.2 Å². The number of nitrogens with one attached hydrogen (secondary N) is 2. The quantitative estimate of drug-likeness (QED) is 0.896. The second kappa shape index (κ2) is 6.47. The third-order valence-corrected chi connectivity index (χ3v) is 2.57. The number of hydrogen-bond acceptors (Lipinski definition) is 2. The first kappa shape index (κ1) is 13.7. The molecule has 0 aliphatic carbocycles. The van der Waals surface area contributed by atoms with Gasteiger partial charge in [-0.1, -0.05) is 18.2 Å². The summed E-state index contributed by atoms with van der Waals surface area (Å²) in [4.78, 5) is 23.3. The van der Waals surface area contributed by atoms with Gasteiger partial charge in [0.1, 0.15) is 5.82 Å². The molecule has 0 saturated heterocycles. The predicted molar refractivity (Wildman–Crippen MR) is 73.8 cm³/mol. The molecule has 0 atom stereocenters. The molecule has 0 saturated carbocycles. The summed E-state index contributed by atoms with van der Waals surface area (Å²) >= 11 is 0. The van der Waals surface area contributed by atoms with Gasteiger partial charge in [0.2, 0.25) is 5.91 Å². The summed E-state index contributed by atoms with van der Waals surface area (Å²) in [7, 11) is 0. The third kappa shape index (κ3) is 3.91. The molecule has 0 spiro atoms. The fraction of sp³-hybridized carbons (Fsp3) is 0.0667. The van der Waals surface area contributed by atoms with E-state index in [0.29, 0.717) is 11.3 Å². The van der Waals surface area contributed by atoms with Crippen LogP contribution in [-0.2, 0) is 4.79 Å². The number of anilines is 1. The summed E-state index contributed by atoms with van der Waals surface area (Å²) < 4.78 is 12.7. The molecule has 5 heteroatoms. The zero-order chi connectivity index (χ0) is 14.4. The lowest BCUT2D eigenvalue weighted by Gasteiger charge is -2.06. The van der Waals surface area contributed by atoms with E-state index in [9.17, 15) is 14.0 Å². The molecule has 0 heterocycles. The van der Waals surface area contributed by atoms with Crippen LogP contribution in [0, 0.1) is 5.82 Å². The fourth-order valence-corrected chi connectivity index (χ4v) is 1.59. The highest BCUT2D eigenvalue weighted by molar-refractivity contribution is 5.99. The van der Waals surface area contributed by atoms with Crippen molar-refractivity contribution in [1.82, 2.24) is 5.32 Å². The van der Waals surface area contributed by atoms with Gasteiger partial charge in [-0.3, -0.25) is 9.59 Å². The van der Waals surface area contributed by atoms with E-state index in [4.69, 9.17) is 0 Å². The lowest BCUT2D eigenvalue weighted by molar-refractivity contribution is -0.115. The molecule has 0 fully saturated rings. The number of rotatable bonds is 4. The lowest BCUT2D eigenvalue weighted by Crippen LogP contribution is -2.32. The van der Waals surface area contributed by atoms with Crippen LogP contribution >= 0.6 is 0 Å². The molecule has 2 rings (SSSR count). The standard InChI is InChI=1S/C15H13FN2O2/c16-12-8-6-11(7-9-12)15(20)17-10-14(19)18-13-4-2-1-3-5-13/h1-9H,10H2,(H,17,20)(H,18,19). The Morgan fingerprint density at radius 1 is 0.950 bits per heavy atom. The van der Waals surface area contributed by atoms with Crippen LogP contribution in [0.4, 0.5) is 10.1 Å². The molecule has 2 aromatic carbocycles. The second-order valence-corrected chi connectivity index (χ2v) is 4.10. The van der Waals surface area contributed by atoms with E-state index in [0.717, 1.165) is 0 Å². The minimum Gasteiger partial charge on any atom is -0.343 e. The minimum atomic E-state index is -0.423. The van der Waals surface area contributed by atoms with E-state index >= 15 is 0 Å². The van der Waals surface area contributed by atoms with E-state index < -0.39 is 11.7 Å². The van der Waals surface area contributed by atoms with Crippen LogP contribution in [0.1, 0.15) is 10.4 Å². The zero-order valence-corrected chi connectivity index (χ0v) is 10.6. The molecule has 0 aliphatic rings. The minimum absolute atomic E-state index is 0.148. The van der Waals surface area contributed by atoms with Crippen molar-refractivity contribution >= 4 is 17.5 Å². The maximum absolute atomic E-state index is 12.7. The first-order chi connectivity index (χ1) is 9.65. The number of carbonyl (C=O) groups excluding carboxylic acids is 2. The predicted octanol–water partition coefficient (Wildman–Crippen LogP) is 2.19. The lowest BCUT2D eigenvalue weighted by atomic mass is 10.2. The van der Waals surface area contributed by atoms with Gasteiger partial charge in [0.05, 0.1) is 6.54 Å². The molecule has 4 nitrogen and oxygen atoms in total. The molecule has 0 radical (unpaired) electrons. The largest absolute Gasteiger partial charge is 0.343 e. The van der Waals surface area contributed by atoms with Gasteiger partial charge in [0.15, 0.2) is 0 Å². The van der Waals surface area contributed by atoms with E-state index in [-0.39, 0.29) is 12.5 Å². The van der Waals surface area contributed by atoms with Crippen molar-refractivity contribution in [2.45, 2.75) is 0 Å². The van der Waals surface area contributed by atoms with E-state index in [1.165, 1.54) is 24.3 Å². The van der Waals surface area contributed by atoms with Crippen LogP contribution in [0.2, 0.25) is 0 Å². The summed E-state index contributed by atoms with van der Waals surface area (Å²) in [5, 5.41) is 5.11. The van der Waals surface area contributed by atoms with Crippen LogP contribution in [0.5, 0.6) is 0 Å². The molecular formula is C15H13FN2O2. The smallest absolute Gasteiger partial charge is 0.251 e. The van der Waals surface area contributed by atoms with Crippen LogP contribution in [0.3, 0.4) is 0 Å². The molecule has 0 aromatic heterocycles. The highest BCUT2D eigenvalue weighted by Crippen LogP contribution is 2.04. The van der Waals surface area contributed by atoms with Crippen LogP contribution in [0.15, 0.2) is 54.6 Å². The van der Waals surface area contributed by atoms with Crippen molar-refractivity contribution in [1.29, 1.82) is 0 Å². The van der Waals surface area contributed by atoms with Crippen LogP contribution in [-0.4, -0.2) is 18.4 Å². The summed E-state index contributed by atoms with van der Waals surface area (Å²) in [6.45, 7) is -0.148. The summed E-state index contributed by atoms with van der Waals surface area (Å²) in [5.41, 5.74) is 0.965. The van der Waals surface area contributed by atoms with Crippen LogP contribution in [0.25, 0.3) is 0 Å². The summed E-state index contributed by atoms with van der Waals surface area (Å²) in [6.07, 6.45) is 0. The maximum Gasteiger partial charge on any atom is 0.251 e. The van der Waals surface area contributed by atoms with Gasteiger partial charge in [0, 0.05) is 11.3 Å². The summed E-state index contributed by atoms with van der Waals surface area (Å²) in [5.74, 6) is -1.16. The van der Waals surface area contributed by atoms with Crippen molar-refractivity contribution in [3.8, 4) is 0 Å². The Labute approximate surface area is 115 Å². The molecule has 2 amide bonds. The first-order valence-electron chi connectivity index (χ1n) is 6.04. The third-order valence-electron chi connectivity index (χ3n) is 2.57. The molecule has 102 valence electrons. The first-order valence-corrected chi connectivity index (χ1v) is 6.04. The highest BCUT2D eigenvalue weighted by Gasteiger charge is 2.08. The van der Waals surface area contributed by atoms with Crippen molar-refractivity contribution in [3.05, 3.63) is 66.0 Å². The van der Waals surface area contributed by atoms with Gasteiger partial charge in [-0.2, -0.15) is 0 Å². The number of benzene rings is 2. The molecule has 0 bridgehead atoms. The highest BCUT2D eigenvalue weighted by atomic mass is 19.1. The molecule has 0 unspecified atom stereocenters. The number of carbonyl (C=O) groups is 2. The van der Waals surface area contributed by atoms with Crippen molar-refractivity contribution < 1.29 is 14.0 Å². The Bertz CT molecular complexity index is 597. The van der Waals surface area contributed by atoms with Gasteiger partial charge in [0.25, 0.3) is 5.91 Å². The Kier molecular flexibility index (Phi) is 4.44. The maximum atomic E-state index is 12.7. The van der Waals surface area contributed by atoms with Crippen molar-refractivity contribution in [2.75, 3.05) is 11.9 Å². The molecule has 2 N–H and O–H groups in total. The van der Waals surface area contributed by atoms with Gasteiger partial charge in [-0.15, -0.1) is 0 Å². The van der Waals surface area contributed by atoms with Gasteiger partial charge in [-0.25, -0.2) is 4.39 Å².